The number of halogens is 2. The van der Waals surface area contributed by atoms with Gasteiger partial charge < -0.3 is 0 Å². The first-order valence-corrected chi connectivity index (χ1v) is 42.8. The summed E-state index contributed by atoms with van der Waals surface area (Å²) in [6.45, 7) is 14.2. The van der Waals surface area contributed by atoms with E-state index in [2.05, 4.69) is 199 Å². The normalized spacial score (nSPS) is 18.1. The molecule has 4 unspecified atom stereocenters. The second-order valence-electron chi connectivity index (χ2n) is 16.6. The van der Waals surface area contributed by atoms with Gasteiger partial charge in [0.05, 0.1) is 0 Å². The van der Waals surface area contributed by atoms with Gasteiger partial charge in [-0.25, -0.2) is 0 Å². The van der Waals surface area contributed by atoms with E-state index in [9.17, 15) is 0 Å². The first kappa shape index (κ1) is 39.3. The molecule has 0 saturated carbocycles. The van der Waals surface area contributed by atoms with Crippen molar-refractivity contribution in [1.29, 1.82) is 0 Å². The molecule has 6 aromatic rings. The van der Waals surface area contributed by atoms with Gasteiger partial charge in [0.2, 0.25) is 0 Å². The second kappa shape index (κ2) is 15.7. The number of allylic oxidation sites excluding steroid dienone is 2. The van der Waals surface area contributed by atoms with Gasteiger partial charge in [0.25, 0.3) is 0 Å². The predicted molar refractivity (Wildman–Crippen MR) is 246 cm³/mol. The van der Waals surface area contributed by atoms with Crippen LogP contribution in [0.25, 0.3) is 45.6 Å². The van der Waals surface area contributed by atoms with E-state index >= 15 is 0 Å². The Morgan fingerprint density at radius 2 is 0.839 bits per heavy atom. The Balaban J connectivity index is 1.42. The van der Waals surface area contributed by atoms with Crippen LogP contribution >= 0.6 is 17.2 Å². The zero-order chi connectivity index (χ0) is 39.2. The Bertz CT molecular complexity index is 2300. The van der Waals surface area contributed by atoms with Crippen LogP contribution in [0.4, 0.5) is 0 Å². The fourth-order valence-electron chi connectivity index (χ4n) is 9.84. The summed E-state index contributed by atoms with van der Waals surface area (Å²) < 4.78 is -0.150. The number of fused-ring (bicyclic) bond motifs is 2. The number of hydrogen-bond donors (Lipinski definition) is 0. The van der Waals surface area contributed by atoms with Crippen LogP contribution in [0, 0.1) is 0 Å². The molecule has 8 rings (SSSR count). The van der Waals surface area contributed by atoms with Crippen molar-refractivity contribution in [1.82, 2.24) is 0 Å². The van der Waals surface area contributed by atoms with E-state index in [0.717, 1.165) is 12.8 Å². The standard InChI is InChI=1S/2C25H23.C2H7Si.2ClH.Hf/c2*1-3-18(2)22-13-7-8-14-23(22)24-15-9-12-20-16-21(17-25(20)24)19-10-5-4-6-11-19;1-3-2;;;/h2*4-18H,3H2,1-2H3;3H,1-2H3;2*1H;/q;;;;;+2/p-2. The van der Waals surface area contributed by atoms with Crippen LogP contribution in [0.5, 0.6) is 0 Å². The number of benzene rings is 6. The van der Waals surface area contributed by atoms with Crippen LogP contribution in [-0.4, -0.2) is 5.98 Å². The molecule has 2 aliphatic carbocycles. The monoisotopic (exact) mass is 955 g/mol. The molecule has 0 fully saturated rings. The average Bonchev–Trinajstić information content (AvgIpc) is 3.85. The van der Waals surface area contributed by atoms with Gasteiger partial charge in [-0.2, -0.15) is 0 Å². The summed E-state index contributed by atoms with van der Waals surface area (Å²) in [7, 11) is 18.1. The minimum absolute atomic E-state index is 0.0748. The first-order chi connectivity index (χ1) is 27.1. The molecule has 0 radical (unpaired) electrons. The zero-order valence-corrected chi connectivity index (χ0v) is 39.8. The van der Waals surface area contributed by atoms with E-state index in [4.69, 9.17) is 17.2 Å². The molecule has 4 atom stereocenters. The van der Waals surface area contributed by atoms with Gasteiger partial charge in [-0.15, -0.1) is 0 Å². The van der Waals surface area contributed by atoms with Gasteiger partial charge in [-0.3, -0.25) is 0 Å². The van der Waals surface area contributed by atoms with Crippen molar-refractivity contribution < 1.29 is 15.3 Å². The van der Waals surface area contributed by atoms with E-state index < -0.39 is 21.3 Å². The average molecular weight is 955 g/mol. The van der Waals surface area contributed by atoms with Crippen LogP contribution in [0.15, 0.2) is 146 Å². The Morgan fingerprint density at radius 1 is 0.482 bits per heavy atom. The third kappa shape index (κ3) is 6.44. The van der Waals surface area contributed by atoms with E-state index in [1.807, 2.05) is 0 Å². The van der Waals surface area contributed by atoms with Gasteiger partial charge in [0.15, 0.2) is 0 Å². The fraction of sp³-hybridized carbons (Fsp3) is 0.231. The van der Waals surface area contributed by atoms with Gasteiger partial charge in [-0.1, -0.05) is 0 Å². The first-order valence-electron chi connectivity index (χ1n) is 20.6. The van der Waals surface area contributed by atoms with Crippen molar-refractivity contribution in [2.45, 2.75) is 72.8 Å². The van der Waals surface area contributed by atoms with E-state index in [-0.39, 0.29) is 7.35 Å². The minimum atomic E-state index is -5.40. The molecular weight excluding hydrogens is 902 g/mol. The topological polar surface area (TPSA) is 0 Å². The molecular formula is C52H53Cl2HfSi. The van der Waals surface area contributed by atoms with Crippen molar-refractivity contribution >= 4 is 46.4 Å². The third-order valence-corrected chi connectivity index (χ3v) is 85.7. The quantitative estimate of drug-likeness (QED) is 0.114. The summed E-state index contributed by atoms with van der Waals surface area (Å²) >= 11 is -5.40. The van der Waals surface area contributed by atoms with E-state index in [1.54, 1.807) is 0 Å². The molecule has 0 bridgehead atoms. The molecule has 0 N–H and O–H groups in total. The molecule has 0 amide bonds. The summed E-state index contributed by atoms with van der Waals surface area (Å²) in [4.78, 5) is 0. The van der Waals surface area contributed by atoms with Crippen LogP contribution in [0.3, 0.4) is 0 Å². The van der Waals surface area contributed by atoms with Gasteiger partial charge in [-0.05, 0) is 0 Å². The molecule has 0 spiro atoms. The molecule has 283 valence electrons. The zero-order valence-electron chi connectivity index (χ0n) is 33.6. The van der Waals surface area contributed by atoms with Crippen molar-refractivity contribution in [2.24, 2.45) is 0 Å². The van der Waals surface area contributed by atoms with Crippen LogP contribution in [0.1, 0.15) is 104 Å². The maximum absolute atomic E-state index is 9.06. The van der Waals surface area contributed by atoms with Crippen LogP contribution < -0.4 is 0 Å². The van der Waals surface area contributed by atoms with Gasteiger partial charge in [0.1, 0.15) is 0 Å². The van der Waals surface area contributed by atoms with Gasteiger partial charge >= 0.3 is 347 Å². The molecule has 0 nitrogen and oxygen atoms in total. The molecule has 56 heavy (non-hydrogen) atoms. The van der Waals surface area contributed by atoms with Gasteiger partial charge in [0, 0.05) is 0 Å². The predicted octanol–water partition coefficient (Wildman–Crippen LogP) is 15.9. The van der Waals surface area contributed by atoms with E-state index in [1.165, 1.54) is 77.9 Å². The van der Waals surface area contributed by atoms with Crippen molar-refractivity contribution in [2.75, 3.05) is 0 Å². The molecule has 0 aromatic heterocycles. The SMILES string of the molecule is CCC(C)c1ccccc1-c1cccc2c1C=C(c1ccccc1)[CH]2[Hf]([Cl])([Cl])([CH]1C(c2ccccc2)=Cc2c(-c3ccccc3C(C)CC)cccc21)[SiH](C)C. The van der Waals surface area contributed by atoms with Crippen molar-refractivity contribution in [3.63, 3.8) is 0 Å². The van der Waals surface area contributed by atoms with Crippen LogP contribution in [-0.2, 0) is 15.3 Å². The molecule has 4 heteroatoms. The van der Waals surface area contributed by atoms with Crippen molar-refractivity contribution in [3.8, 4) is 22.3 Å². The number of hydrogen-bond acceptors (Lipinski definition) is 0. The van der Waals surface area contributed by atoms with Crippen molar-refractivity contribution in [3.05, 3.63) is 190 Å². The summed E-state index contributed by atoms with van der Waals surface area (Å²) in [5.74, 6) is -0.948. The van der Waals surface area contributed by atoms with Crippen LogP contribution in [0.2, 0.25) is 13.1 Å². The maximum atomic E-state index is 9.06. The Kier molecular flexibility index (Phi) is 11.0. The summed E-state index contributed by atoms with van der Waals surface area (Å²) in [5, 5.41) is 0. The molecule has 0 heterocycles. The Morgan fingerprint density at radius 3 is 1.21 bits per heavy atom. The molecule has 0 aliphatic heterocycles. The molecule has 2 aliphatic rings. The summed E-state index contributed by atoms with van der Waals surface area (Å²) in [5.41, 5.74) is 18.2. The van der Waals surface area contributed by atoms with E-state index in [0.29, 0.717) is 11.8 Å². The Labute approximate surface area is 344 Å². The summed E-state index contributed by atoms with van der Waals surface area (Å²) in [6.07, 6.45) is 7.14. The molecule has 0 saturated heterocycles. The second-order valence-corrected chi connectivity index (χ2v) is 75.9. The number of rotatable bonds is 11. The molecule has 6 aromatic carbocycles. The third-order valence-electron chi connectivity index (χ3n) is 13.3. The summed E-state index contributed by atoms with van der Waals surface area (Å²) in [6, 6.07) is 53.9. The fourth-order valence-corrected chi connectivity index (χ4v) is 52.5. The Hall–Kier alpha value is -3.53.